The van der Waals surface area contributed by atoms with Crippen molar-refractivity contribution in [2.75, 3.05) is 11.1 Å². The average Bonchev–Trinajstić information content (AvgIpc) is 2.99. The maximum absolute atomic E-state index is 6.03. The zero-order valence-corrected chi connectivity index (χ0v) is 16.0. The Morgan fingerprint density at radius 2 is 1.96 bits per heavy atom. The number of nitrogens with zero attached hydrogens (tertiary/aromatic N) is 3. The molecule has 0 spiro atoms. The molecule has 5 N–H and O–H groups in total. The SMILES string of the molecule is Nc1cc(Nc2cccc(I)c2)c2nc(C3CCC(N)CC3)cn2n1. The highest BCUT2D eigenvalue weighted by Gasteiger charge is 2.23. The van der Waals surface area contributed by atoms with E-state index in [0.29, 0.717) is 17.8 Å². The number of imidazole rings is 1. The zero-order valence-electron chi connectivity index (χ0n) is 13.8. The van der Waals surface area contributed by atoms with Crippen LogP contribution in [-0.4, -0.2) is 20.6 Å². The molecule has 7 heteroatoms. The summed E-state index contributed by atoms with van der Waals surface area (Å²) >= 11 is 2.30. The number of hydrogen-bond donors (Lipinski definition) is 3. The molecule has 1 saturated carbocycles. The van der Waals surface area contributed by atoms with Gasteiger partial charge in [0.1, 0.15) is 5.82 Å². The first kappa shape index (κ1) is 16.6. The molecule has 6 nitrogen and oxygen atoms in total. The Balaban J connectivity index is 1.69. The van der Waals surface area contributed by atoms with Gasteiger partial charge in [-0.1, -0.05) is 6.07 Å². The molecule has 0 aliphatic heterocycles. The summed E-state index contributed by atoms with van der Waals surface area (Å²) in [4.78, 5) is 4.86. The van der Waals surface area contributed by atoms with Crippen LogP contribution in [0.3, 0.4) is 0 Å². The van der Waals surface area contributed by atoms with Gasteiger partial charge in [0.25, 0.3) is 0 Å². The normalized spacial score (nSPS) is 20.7. The molecule has 2 aromatic heterocycles. The number of anilines is 3. The quantitative estimate of drug-likeness (QED) is 0.532. The highest BCUT2D eigenvalue weighted by Crippen LogP contribution is 2.33. The molecule has 0 unspecified atom stereocenters. The van der Waals surface area contributed by atoms with Crippen LogP contribution in [0.1, 0.15) is 37.3 Å². The van der Waals surface area contributed by atoms with Gasteiger partial charge in [-0.05, 0) is 66.5 Å². The fraction of sp³-hybridized carbons (Fsp3) is 0.333. The molecule has 3 aromatic rings. The minimum Gasteiger partial charge on any atom is -0.382 e. The second kappa shape index (κ2) is 6.80. The van der Waals surface area contributed by atoms with Crippen LogP contribution < -0.4 is 16.8 Å². The summed E-state index contributed by atoms with van der Waals surface area (Å²) in [6, 6.07) is 10.4. The lowest BCUT2D eigenvalue weighted by atomic mass is 9.85. The molecule has 0 atom stereocenters. The summed E-state index contributed by atoms with van der Waals surface area (Å²) in [6.45, 7) is 0. The molecule has 1 fully saturated rings. The van der Waals surface area contributed by atoms with Gasteiger partial charge in [0.05, 0.1) is 17.6 Å². The van der Waals surface area contributed by atoms with E-state index < -0.39 is 0 Å². The first-order valence-electron chi connectivity index (χ1n) is 8.52. The van der Waals surface area contributed by atoms with Gasteiger partial charge in [0.2, 0.25) is 0 Å². The van der Waals surface area contributed by atoms with Crippen molar-refractivity contribution in [3.05, 3.63) is 45.8 Å². The van der Waals surface area contributed by atoms with Crippen LogP contribution in [0.2, 0.25) is 0 Å². The number of nitrogens with one attached hydrogen (secondary N) is 1. The van der Waals surface area contributed by atoms with E-state index in [4.69, 9.17) is 16.5 Å². The van der Waals surface area contributed by atoms with Crippen LogP contribution in [-0.2, 0) is 0 Å². The number of nitrogen functional groups attached to an aromatic ring is 1. The van der Waals surface area contributed by atoms with Gasteiger partial charge in [-0.25, -0.2) is 9.50 Å². The molecule has 25 heavy (non-hydrogen) atoms. The van der Waals surface area contributed by atoms with E-state index in [1.54, 1.807) is 4.52 Å². The molecule has 2 heterocycles. The third-order valence-corrected chi connectivity index (χ3v) is 5.43. The van der Waals surface area contributed by atoms with Gasteiger partial charge in [0, 0.05) is 27.3 Å². The Labute approximate surface area is 160 Å². The Bertz CT molecular complexity index is 898. The summed E-state index contributed by atoms with van der Waals surface area (Å²) in [6.07, 6.45) is 6.29. The minimum atomic E-state index is 0.333. The fourth-order valence-corrected chi connectivity index (χ4v) is 3.98. The molecule has 1 aromatic carbocycles. The van der Waals surface area contributed by atoms with E-state index in [-0.39, 0.29) is 0 Å². The largest absolute Gasteiger partial charge is 0.382 e. The Morgan fingerprint density at radius 1 is 1.16 bits per heavy atom. The summed E-state index contributed by atoms with van der Waals surface area (Å²) in [5, 5.41) is 7.82. The molecule has 4 rings (SSSR count). The van der Waals surface area contributed by atoms with Gasteiger partial charge in [-0.3, -0.25) is 0 Å². The van der Waals surface area contributed by atoms with Crippen LogP contribution >= 0.6 is 22.6 Å². The van der Waals surface area contributed by atoms with Crippen molar-refractivity contribution in [3.63, 3.8) is 0 Å². The second-order valence-electron chi connectivity index (χ2n) is 6.66. The predicted molar refractivity (Wildman–Crippen MR) is 109 cm³/mol. The number of benzene rings is 1. The Morgan fingerprint density at radius 3 is 2.72 bits per heavy atom. The molecule has 0 bridgehead atoms. The zero-order chi connectivity index (χ0) is 17.4. The topological polar surface area (TPSA) is 94.3 Å². The summed E-state index contributed by atoms with van der Waals surface area (Å²) < 4.78 is 2.96. The van der Waals surface area contributed by atoms with E-state index >= 15 is 0 Å². The Hall–Kier alpha value is -1.87. The molecule has 130 valence electrons. The van der Waals surface area contributed by atoms with Crippen LogP contribution in [0.4, 0.5) is 17.2 Å². The maximum atomic E-state index is 6.03. The highest BCUT2D eigenvalue weighted by atomic mass is 127. The van der Waals surface area contributed by atoms with Gasteiger partial charge in [-0.2, -0.15) is 0 Å². The molecule has 1 aliphatic rings. The first-order chi connectivity index (χ1) is 12.1. The van der Waals surface area contributed by atoms with Crippen molar-refractivity contribution in [3.8, 4) is 0 Å². The van der Waals surface area contributed by atoms with E-state index in [2.05, 4.69) is 45.1 Å². The van der Waals surface area contributed by atoms with E-state index in [9.17, 15) is 0 Å². The van der Waals surface area contributed by atoms with E-state index in [1.807, 2.05) is 24.4 Å². The first-order valence-corrected chi connectivity index (χ1v) is 9.60. The van der Waals surface area contributed by atoms with Crippen LogP contribution in [0.15, 0.2) is 36.5 Å². The third-order valence-electron chi connectivity index (χ3n) is 4.76. The number of aromatic nitrogens is 3. The van der Waals surface area contributed by atoms with Gasteiger partial charge >= 0.3 is 0 Å². The molecule has 0 saturated heterocycles. The highest BCUT2D eigenvalue weighted by molar-refractivity contribution is 14.1. The van der Waals surface area contributed by atoms with Gasteiger partial charge in [0.15, 0.2) is 5.65 Å². The van der Waals surface area contributed by atoms with Crippen molar-refractivity contribution in [1.29, 1.82) is 0 Å². The molecule has 0 radical (unpaired) electrons. The van der Waals surface area contributed by atoms with Gasteiger partial charge < -0.3 is 16.8 Å². The lowest BCUT2D eigenvalue weighted by Gasteiger charge is -2.24. The molecular formula is C18H21IN6. The summed E-state index contributed by atoms with van der Waals surface area (Å²) in [7, 11) is 0. The van der Waals surface area contributed by atoms with Crippen LogP contribution in [0.25, 0.3) is 5.65 Å². The van der Waals surface area contributed by atoms with Crippen molar-refractivity contribution in [2.45, 2.75) is 37.6 Å². The number of halogens is 1. The minimum absolute atomic E-state index is 0.333. The molecular weight excluding hydrogens is 427 g/mol. The number of hydrogen-bond acceptors (Lipinski definition) is 5. The molecule has 0 amide bonds. The summed E-state index contributed by atoms with van der Waals surface area (Å²) in [5.41, 5.74) is 15.8. The lowest BCUT2D eigenvalue weighted by molar-refractivity contribution is 0.391. The number of nitrogens with two attached hydrogens (primary N) is 2. The van der Waals surface area contributed by atoms with E-state index in [1.165, 1.54) is 3.57 Å². The maximum Gasteiger partial charge on any atom is 0.177 e. The second-order valence-corrected chi connectivity index (χ2v) is 7.91. The Kier molecular flexibility index (Phi) is 4.51. The molecule has 1 aliphatic carbocycles. The van der Waals surface area contributed by atoms with Crippen LogP contribution in [0.5, 0.6) is 0 Å². The standard InChI is InChI=1S/C18H21IN6/c19-12-2-1-3-14(8-12)22-15-9-17(21)24-25-10-16(23-18(15)25)11-4-6-13(20)7-5-11/h1-3,8-11,13,22H,4-7,20H2,(H2,21,24). The summed E-state index contributed by atoms with van der Waals surface area (Å²) in [5.74, 6) is 0.920. The third kappa shape index (κ3) is 3.57. The van der Waals surface area contributed by atoms with Crippen LogP contribution in [0, 0.1) is 3.57 Å². The lowest BCUT2D eigenvalue weighted by Crippen LogP contribution is -2.25. The van der Waals surface area contributed by atoms with E-state index in [0.717, 1.165) is 48.4 Å². The average molecular weight is 448 g/mol. The van der Waals surface area contributed by atoms with Crippen molar-refractivity contribution in [1.82, 2.24) is 14.6 Å². The number of fused-ring (bicyclic) bond motifs is 1. The van der Waals surface area contributed by atoms with Crippen molar-refractivity contribution >= 4 is 45.4 Å². The van der Waals surface area contributed by atoms with Crippen molar-refractivity contribution < 1.29 is 0 Å². The van der Waals surface area contributed by atoms with Crippen molar-refractivity contribution in [2.24, 2.45) is 5.73 Å². The fourth-order valence-electron chi connectivity index (χ4n) is 3.44. The van der Waals surface area contributed by atoms with Gasteiger partial charge in [-0.15, -0.1) is 5.10 Å². The monoisotopic (exact) mass is 448 g/mol. The smallest absolute Gasteiger partial charge is 0.177 e. The number of rotatable bonds is 3. The predicted octanol–water partition coefficient (Wildman–Crippen LogP) is 3.64.